The van der Waals surface area contributed by atoms with Gasteiger partial charge in [-0.15, -0.1) is 11.8 Å². The van der Waals surface area contributed by atoms with Gasteiger partial charge >= 0.3 is 0 Å². The van der Waals surface area contributed by atoms with Crippen LogP contribution in [0.4, 0.5) is 10.1 Å². The third-order valence-corrected chi connectivity index (χ3v) is 6.54. The number of nitrogens with one attached hydrogen (secondary N) is 1. The van der Waals surface area contributed by atoms with Crippen LogP contribution in [0.1, 0.15) is 28.8 Å². The number of halogens is 1. The zero-order valence-electron chi connectivity index (χ0n) is 13.9. The molecule has 2 atom stereocenters. The summed E-state index contributed by atoms with van der Waals surface area (Å²) >= 11 is 1.68. The van der Waals surface area contributed by atoms with Crippen molar-refractivity contribution in [1.29, 1.82) is 0 Å². The first-order chi connectivity index (χ1) is 12.6. The molecule has 0 aliphatic carbocycles. The summed E-state index contributed by atoms with van der Waals surface area (Å²) in [5.41, 5.74) is 7.26. The van der Waals surface area contributed by atoms with Gasteiger partial charge in [-0.05, 0) is 24.3 Å². The van der Waals surface area contributed by atoms with Gasteiger partial charge in [-0.3, -0.25) is 4.79 Å². The zero-order valence-corrected chi connectivity index (χ0v) is 14.7. The molecule has 1 unspecified atom stereocenters. The fraction of sp³-hybridized carbons (Fsp3) is 0.263. The fourth-order valence-electron chi connectivity index (χ4n) is 4.00. The maximum Gasteiger partial charge on any atom is 0.255 e. The van der Waals surface area contributed by atoms with Crippen LogP contribution in [0.2, 0.25) is 0 Å². The van der Waals surface area contributed by atoms with Crippen molar-refractivity contribution in [3.8, 4) is 0 Å². The molecule has 0 radical (unpaired) electrons. The lowest BCUT2D eigenvalue weighted by Gasteiger charge is -2.48. The second-order valence-corrected chi connectivity index (χ2v) is 8.06. The highest BCUT2D eigenvalue weighted by Gasteiger charge is 2.46. The number of carbonyl (C=O) groups is 1. The largest absolute Gasteiger partial charge is 0.383 e. The van der Waals surface area contributed by atoms with E-state index < -0.39 is 5.66 Å². The van der Waals surface area contributed by atoms with Crippen LogP contribution in [0.5, 0.6) is 0 Å². The highest BCUT2D eigenvalue weighted by Crippen LogP contribution is 2.45. The van der Waals surface area contributed by atoms with E-state index in [0.29, 0.717) is 30.6 Å². The molecule has 1 amide bonds. The minimum atomic E-state index is -0.606. The average Bonchev–Trinajstić information content (AvgIpc) is 2.61. The van der Waals surface area contributed by atoms with Crippen LogP contribution >= 0.6 is 11.8 Å². The number of fused-ring (bicyclic) bond motifs is 3. The highest BCUT2D eigenvalue weighted by molar-refractivity contribution is 8.00. The van der Waals surface area contributed by atoms with Crippen molar-refractivity contribution in [3.63, 3.8) is 0 Å². The number of carbonyl (C=O) groups excluding carboxylic acids is 1. The van der Waals surface area contributed by atoms with Crippen LogP contribution in [-0.4, -0.2) is 34.2 Å². The van der Waals surface area contributed by atoms with Crippen molar-refractivity contribution in [2.24, 2.45) is 10.7 Å². The highest BCUT2D eigenvalue weighted by atomic mass is 32.2. The molecule has 0 saturated carbocycles. The Morgan fingerprint density at radius 1 is 1.27 bits per heavy atom. The van der Waals surface area contributed by atoms with E-state index in [9.17, 15) is 9.18 Å². The molecule has 26 heavy (non-hydrogen) atoms. The number of hydrogen-bond donors (Lipinski definition) is 2. The van der Waals surface area contributed by atoms with Crippen LogP contribution in [0.3, 0.4) is 0 Å². The molecule has 3 aliphatic heterocycles. The molecule has 3 N–H and O–H groups in total. The molecular formula is C19H17FN4OS. The van der Waals surface area contributed by atoms with Gasteiger partial charge in [-0.25, -0.2) is 9.38 Å². The van der Waals surface area contributed by atoms with Gasteiger partial charge in [0.05, 0.1) is 16.5 Å². The second-order valence-electron chi connectivity index (χ2n) is 6.84. The Balaban J connectivity index is 1.50. The fourth-order valence-corrected chi connectivity index (χ4v) is 5.42. The Kier molecular flexibility index (Phi) is 3.31. The molecule has 0 aromatic heterocycles. The summed E-state index contributed by atoms with van der Waals surface area (Å²) in [6.45, 7) is 0.583. The lowest BCUT2D eigenvalue weighted by Crippen LogP contribution is -2.56. The van der Waals surface area contributed by atoms with E-state index in [1.165, 1.54) is 6.07 Å². The third-order valence-electron chi connectivity index (χ3n) is 5.24. The van der Waals surface area contributed by atoms with E-state index >= 15 is 0 Å². The van der Waals surface area contributed by atoms with Crippen LogP contribution < -0.4 is 11.1 Å². The van der Waals surface area contributed by atoms with E-state index in [1.54, 1.807) is 17.8 Å². The van der Waals surface area contributed by atoms with Gasteiger partial charge in [0, 0.05) is 30.0 Å². The Hall–Kier alpha value is -2.54. The van der Waals surface area contributed by atoms with Crippen molar-refractivity contribution >= 4 is 29.2 Å². The molecule has 7 heteroatoms. The number of nitrogens with two attached hydrogens (primary N) is 1. The molecule has 2 aromatic carbocycles. The quantitative estimate of drug-likeness (QED) is 0.750. The third kappa shape index (κ3) is 2.23. The average molecular weight is 368 g/mol. The zero-order chi connectivity index (χ0) is 17.9. The van der Waals surface area contributed by atoms with Crippen molar-refractivity contribution in [2.45, 2.75) is 28.8 Å². The maximum atomic E-state index is 14.1. The Bertz CT molecular complexity index is 962. The number of benzene rings is 2. The van der Waals surface area contributed by atoms with E-state index in [-0.39, 0.29) is 22.9 Å². The van der Waals surface area contributed by atoms with Gasteiger partial charge in [0.1, 0.15) is 17.3 Å². The molecule has 0 bridgehead atoms. The molecule has 5 nitrogen and oxygen atoms in total. The SMILES string of the molecule is NC1=NC2(CCN3C(=O)c4ccccc4S[C@@H]3C2)Nc2cccc(F)c21. The van der Waals surface area contributed by atoms with E-state index in [1.807, 2.05) is 35.2 Å². The van der Waals surface area contributed by atoms with E-state index in [2.05, 4.69) is 10.3 Å². The van der Waals surface area contributed by atoms with E-state index in [4.69, 9.17) is 5.73 Å². The van der Waals surface area contributed by atoms with Crippen molar-refractivity contribution in [1.82, 2.24) is 4.90 Å². The van der Waals surface area contributed by atoms with Crippen LogP contribution in [0, 0.1) is 5.82 Å². The summed E-state index contributed by atoms with van der Waals surface area (Å²) in [4.78, 5) is 20.4. The van der Waals surface area contributed by atoms with Crippen molar-refractivity contribution in [2.75, 3.05) is 11.9 Å². The van der Waals surface area contributed by atoms with E-state index in [0.717, 1.165) is 10.5 Å². The summed E-state index contributed by atoms with van der Waals surface area (Å²) in [6, 6.07) is 12.6. The van der Waals surface area contributed by atoms with Gasteiger partial charge in [0.15, 0.2) is 0 Å². The molecule has 2 aromatic rings. The van der Waals surface area contributed by atoms with Crippen LogP contribution in [0.25, 0.3) is 0 Å². The molecule has 3 heterocycles. The maximum absolute atomic E-state index is 14.1. The number of hydrogen-bond acceptors (Lipinski definition) is 5. The topological polar surface area (TPSA) is 70.7 Å². The Morgan fingerprint density at radius 3 is 3.00 bits per heavy atom. The number of amides is 1. The smallest absolute Gasteiger partial charge is 0.255 e. The molecule has 132 valence electrons. The molecule has 3 aliphatic rings. The van der Waals surface area contributed by atoms with Gasteiger partial charge in [-0.1, -0.05) is 18.2 Å². The van der Waals surface area contributed by atoms with Crippen molar-refractivity contribution in [3.05, 3.63) is 59.4 Å². The first-order valence-corrected chi connectivity index (χ1v) is 9.43. The first-order valence-electron chi connectivity index (χ1n) is 8.55. The number of rotatable bonds is 0. The lowest BCUT2D eigenvalue weighted by molar-refractivity contribution is 0.0638. The van der Waals surface area contributed by atoms with Gasteiger partial charge in [-0.2, -0.15) is 0 Å². The summed E-state index contributed by atoms with van der Waals surface area (Å²) in [5.74, 6) is -0.0871. The molecule has 1 spiro atoms. The number of aliphatic imine (C=N–C) groups is 1. The number of amidine groups is 1. The lowest BCUT2D eigenvalue weighted by atomic mass is 9.93. The van der Waals surface area contributed by atoms with Crippen molar-refractivity contribution < 1.29 is 9.18 Å². The Morgan fingerprint density at radius 2 is 2.12 bits per heavy atom. The summed E-state index contributed by atoms with van der Waals surface area (Å²) < 4.78 is 14.1. The van der Waals surface area contributed by atoms with Crippen LogP contribution in [0.15, 0.2) is 52.4 Å². The van der Waals surface area contributed by atoms with Gasteiger partial charge in [0.25, 0.3) is 5.91 Å². The minimum absolute atomic E-state index is 0.0229. The summed E-state index contributed by atoms with van der Waals surface area (Å²) in [5, 5.41) is 3.37. The number of nitrogens with zero attached hydrogens (tertiary/aromatic N) is 2. The molecule has 1 saturated heterocycles. The van der Waals surface area contributed by atoms with Gasteiger partial charge in [0.2, 0.25) is 0 Å². The minimum Gasteiger partial charge on any atom is -0.383 e. The predicted molar refractivity (Wildman–Crippen MR) is 99.8 cm³/mol. The monoisotopic (exact) mass is 368 g/mol. The standard InChI is InChI=1S/C19H17FN4OS/c20-12-5-3-6-13-16(12)17(21)23-19(22-13)8-9-24-15(10-19)26-14-7-2-1-4-11(14)18(24)25/h1-7,15,22H,8-10H2,(H2,21,23)/t15-,19?/m1/s1. The molecular weight excluding hydrogens is 351 g/mol. The second kappa shape index (κ2) is 5.48. The summed E-state index contributed by atoms with van der Waals surface area (Å²) in [6.07, 6.45) is 1.25. The Labute approximate surface area is 154 Å². The molecule has 5 rings (SSSR count). The normalized spacial score (nSPS) is 26.5. The summed E-state index contributed by atoms with van der Waals surface area (Å²) in [7, 11) is 0. The first kappa shape index (κ1) is 15.7. The molecule has 1 fully saturated rings. The number of anilines is 1. The number of piperidine rings is 1. The number of thioether (sulfide) groups is 1. The van der Waals surface area contributed by atoms with Crippen LogP contribution in [-0.2, 0) is 0 Å². The predicted octanol–water partition coefficient (Wildman–Crippen LogP) is 3.02. The van der Waals surface area contributed by atoms with Gasteiger partial charge < -0.3 is 16.0 Å².